The molecule has 1 aromatic carbocycles. The molecule has 25 heavy (non-hydrogen) atoms. The summed E-state index contributed by atoms with van der Waals surface area (Å²) in [7, 11) is 0. The number of carbonyl (C=O) groups is 2. The van der Waals surface area contributed by atoms with Gasteiger partial charge in [-0.2, -0.15) is 0 Å². The zero-order valence-corrected chi connectivity index (χ0v) is 14.5. The first-order valence-corrected chi connectivity index (χ1v) is 8.49. The van der Waals surface area contributed by atoms with E-state index in [1.165, 1.54) is 30.6 Å². The molecule has 0 fully saturated rings. The minimum absolute atomic E-state index is 0.306. The van der Waals surface area contributed by atoms with Gasteiger partial charge in [-0.1, -0.05) is 30.3 Å². The zero-order valence-electron chi connectivity index (χ0n) is 13.7. The van der Waals surface area contributed by atoms with Crippen LogP contribution in [0.3, 0.4) is 0 Å². The van der Waals surface area contributed by atoms with Gasteiger partial charge in [-0.05, 0) is 19.9 Å². The van der Waals surface area contributed by atoms with Crippen LogP contribution in [-0.2, 0) is 9.53 Å². The highest BCUT2D eigenvalue weighted by Crippen LogP contribution is 2.24. The third-order valence-corrected chi connectivity index (χ3v) is 4.29. The third-order valence-electron chi connectivity index (χ3n) is 3.54. The summed E-state index contributed by atoms with van der Waals surface area (Å²) >= 11 is 1.31. The SMILES string of the molecule is Cc1occc1C(=O)O[C@@H](C)C(=O)Nc1nc(-c2ccccc2)cs1. The van der Waals surface area contributed by atoms with Gasteiger partial charge in [0.05, 0.1) is 12.0 Å². The number of ether oxygens (including phenoxy) is 1. The Bertz CT molecular complexity index is 885. The molecule has 2 aromatic heterocycles. The summed E-state index contributed by atoms with van der Waals surface area (Å²) in [5.41, 5.74) is 2.05. The number of aromatic nitrogens is 1. The standard InChI is InChI=1S/C18H16N2O4S/c1-11-14(8-9-23-11)17(22)24-12(2)16(21)20-18-19-15(10-25-18)13-6-4-3-5-7-13/h3-10,12H,1-2H3,(H,19,20,21)/t12-/m0/s1. The Balaban J connectivity index is 1.61. The first-order chi connectivity index (χ1) is 12.0. The van der Waals surface area contributed by atoms with Crippen molar-refractivity contribution in [3.63, 3.8) is 0 Å². The molecule has 0 bridgehead atoms. The third kappa shape index (κ3) is 3.95. The molecule has 0 aliphatic heterocycles. The predicted molar refractivity (Wildman–Crippen MR) is 94.5 cm³/mol. The highest BCUT2D eigenvalue weighted by molar-refractivity contribution is 7.14. The molecule has 0 radical (unpaired) electrons. The molecule has 3 aromatic rings. The van der Waals surface area contributed by atoms with Crippen molar-refractivity contribution in [2.75, 3.05) is 5.32 Å². The van der Waals surface area contributed by atoms with Gasteiger partial charge < -0.3 is 9.15 Å². The lowest BCUT2D eigenvalue weighted by molar-refractivity contribution is -0.123. The van der Waals surface area contributed by atoms with Crippen molar-refractivity contribution in [2.24, 2.45) is 0 Å². The maximum absolute atomic E-state index is 12.2. The number of anilines is 1. The van der Waals surface area contributed by atoms with E-state index in [0.717, 1.165) is 11.3 Å². The van der Waals surface area contributed by atoms with Gasteiger partial charge in [-0.25, -0.2) is 9.78 Å². The molecular formula is C18H16N2O4S. The lowest BCUT2D eigenvalue weighted by atomic mass is 10.2. The highest BCUT2D eigenvalue weighted by atomic mass is 32.1. The number of amides is 1. The molecular weight excluding hydrogens is 340 g/mol. The zero-order chi connectivity index (χ0) is 17.8. The van der Waals surface area contributed by atoms with E-state index in [0.29, 0.717) is 16.5 Å². The lowest BCUT2D eigenvalue weighted by Gasteiger charge is -2.11. The minimum atomic E-state index is -0.953. The molecule has 2 heterocycles. The van der Waals surface area contributed by atoms with Crippen LogP contribution in [0.25, 0.3) is 11.3 Å². The Kier molecular flexibility index (Phi) is 4.95. The van der Waals surface area contributed by atoms with Crippen molar-refractivity contribution in [1.82, 2.24) is 4.98 Å². The Morgan fingerprint density at radius 1 is 1.24 bits per heavy atom. The van der Waals surface area contributed by atoms with Crippen LogP contribution in [0.15, 0.2) is 52.5 Å². The molecule has 3 rings (SSSR count). The van der Waals surface area contributed by atoms with Gasteiger partial charge in [0.1, 0.15) is 11.3 Å². The number of rotatable bonds is 5. The number of nitrogens with one attached hydrogen (secondary N) is 1. The Morgan fingerprint density at radius 2 is 2.00 bits per heavy atom. The van der Waals surface area contributed by atoms with Gasteiger partial charge in [0, 0.05) is 10.9 Å². The van der Waals surface area contributed by atoms with Gasteiger partial charge in [0.15, 0.2) is 11.2 Å². The fourth-order valence-corrected chi connectivity index (χ4v) is 2.88. The maximum atomic E-state index is 12.2. The van der Waals surface area contributed by atoms with E-state index in [1.807, 2.05) is 35.7 Å². The second kappa shape index (κ2) is 7.31. The molecule has 0 saturated heterocycles. The smallest absolute Gasteiger partial charge is 0.342 e. The number of hydrogen-bond acceptors (Lipinski definition) is 6. The number of furan rings is 1. The fraction of sp³-hybridized carbons (Fsp3) is 0.167. The maximum Gasteiger partial charge on any atom is 0.342 e. The highest BCUT2D eigenvalue weighted by Gasteiger charge is 2.22. The average Bonchev–Trinajstić information content (AvgIpc) is 3.24. The van der Waals surface area contributed by atoms with E-state index in [-0.39, 0.29) is 0 Å². The first-order valence-electron chi connectivity index (χ1n) is 7.61. The molecule has 0 unspecified atom stereocenters. The quantitative estimate of drug-likeness (QED) is 0.701. The van der Waals surface area contributed by atoms with E-state index >= 15 is 0 Å². The van der Waals surface area contributed by atoms with Crippen LogP contribution >= 0.6 is 11.3 Å². The largest absolute Gasteiger partial charge is 0.469 e. The summed E-state index contributed by atoms with van der Waals surface area (Å²) in [5.74, 6) is -0.591. The summed E-state index contributed by atoms with van der Waals surface area (Å²) in [6.07, 6.45) is 0.447. The van der Waals surface area contributed by atoms with Crippen molar-refractivity contribution in [3.05, 3.63) is 59.4 Å². The van der Waals surface area contributed by atoms with Gasteiger partial charge in [-0.15, -0.1) is 11.3 Å². The lowest BCUT2D eigenvalue weighted by Crippen LogP contribution is -2.30. The predicted octanol–water partition coefficient (Wildman–Crippen LogP) is 3.90. The van der Waals surface area contributed by atoms with Crippen molar-refractivity contribution < 1.29 is 18.7 Å². The van der Waals surface area contributed by atoms with Crippen molar-refractivity contribution >= 4 is 28.3 Å². The van der Waals surface area contributed by atoms with Gasteiger partial charge >= 0.3 is 5.97 Å². The molecule has 128 valence electrons. The van der Waals surface area contributed by atoms with Crippen LogP contribution in [0, 0.1) is 6.92 Å². The molecule has 0 saturated carbocycles. The first kappa shape index (κ1) is 16.9. The van der Waals surface area contributed by atoms with E-state index in [4.69, 9.17) is 9.15 Å². The average molecular weight is 356 g/mol. The number of thiazole rings is 1. The van der Waals surface area contributed by atoms with Gasteiger partial charge in [0.2, 0.25) is 0 Å². The summed E-state index contributed by atoms with van der Waals surface area (Å²) < 4.78 is 10.2. The molecule has 1 amide bonds. The molecule has 7 heteroatoms. The Hall–Kier alpha value is -2.93. The van der Waals surface area contributed by atoms with E-state index in [2.05, 4.69) is 10.3 Å². The Labute approximate surface area is 148 Å². The van der Waals surface area contributed by atoms with Crippen molar-refractivity contribution in [3.8, 4) is 11.3 Å². The summed E-state index contributed by atoms with van der Waals surface area (Å²) in [5, 5.41) is 4.97. The van der Waals surface area contributed by atoms with Crippen LogP contribution in [-0.4, -0.2) is 23.0 Å². The summed E-state index contributed by atoms with van der Waals surface area (Å²) in [4.78, 5) is 28.6. The van der Waals surface area contributed by atoms with E-state index in [1.54, 1.807) is 6.92 Å². The monoisotopic (exact) mass is 356 g/mol. The number of esters is 1. The fourth-order valence-electron chi connectivity index (χ4n) is 2.15. The summed E-state index contributed by atoms with van der Waals surface area (Å²) in [6.45, 7) is 3.16. The van der Waals surface area contributed by atoms with E-state index in [9.17, 15) is 9.59 Å². The van der Waals surface area contributed by atoms with Gasteiger partial charge in [-0.3, -0.25) is 10.1 Å². The molecule has 0 aliphatic rings. The van der Waals surface area contributed by atoms with E-state index < -0.39 is 18.0 Å². The molecule has 0 aliphatic carbocycles. The summed E-state index contributed by atoms with van der Waals surface area (Å²) in [6, 6.07) is 11.2. The molecule has 6 nitrogen and oxygen atoms in total. The van der Waals surface area contributed by atoms with Crippen molar-refractivity contribution in [1.29, 1.82) is 0 Å². The Morgan fingerprint density at radius 3 is 2.68 bits per heavy atom. The minimum Gasteiger partial charge on any atom is -0.469 e. The number of aryl methyl sites for hydroxylation is 1. The number of nitrogens with zero attached hydrogens (tertiary/aromatic N) is 1. The van der Waals surface area contributed by atoms with Crippen LogP contribution in [0.1, 0.15) is 23.0 Å². The number of hydrogen-bond donors (Lipinski definition) is 1. The normalized spacial score (nSPS) is 11.8. The molecule has 1 atom stereocenters. The van der Waals surface area contributed by atoms with Crippen LogP contribution in [0.5, 0.6) is 0 Å². The van der Waals surface area contributed by atoms with Gasteiger partial charge in [0.25, 0.3) is 5.91 Å². The van der Waals surface area contributed by atoms with Crippen molar-refractivity contribution in [2.45, 2.75) is 20.0 Å². The van der Waals surface area contributed by atoms with Crippen LogP contribution < -0.4 is 5.32 Å². The van der Waals surface area contributed by atoms with Crippen LogP contribution in [0.4, 0.5) is 5.13 Å². The molecule has 1 N–H and O–H groups in total. The van der Waals surface area contributed by atoms with Crippen LogP contribution in [0.2, 0.25) is 0 Å². The second-order valence-electron chi connectivity index (χ2n) is 5.33. The topological polar surface area (TPSA) is 81.4 Å². The number of carbonyl (C=O) groups excluding carboxylic acids is 2. The number of benzene rings is 1. The second-order valence-corrected chi connectivity index (χ2v) is 6.19. The molecule has 0 spiro atoms.